The largest absolute Gasteiger partial charge is 0.375 e. The van der Waals surface area contributed by atoms with Gasteiger partial charge in [0.2, 0.25) is 0 Å². The molecule has 1 aromatic rings. The van der Waals surface area contributed by atoms with Crippen molar-refractivity contribution in [2.24, 2.45) is 0 Å². The molecule has 0 spiro atoms. The lowest BCUT2D eigenvalue weighted by atomic mass is 10.2. The lowest BCUT2D eigenvalue weighted by Crippen LogP contribution is -2.21. The number of rotatable bonds is 4. The Bertz CT molecular complexity index is 279. The lowest BCUT2D eigenvalue weighted by Gasteiger charge is -2.08. The molecule has 0 aromatic heterocycles. The summed E-state index contributed by atoms with van der Waals surface area (Å²) in [5.74, 6) is 0.815. The fourth-order valence-corrected chi connectivity index (χ4v) is 1.03. The summed E-state index contributed by atoms with van der Waals surface area (Å²) < 4.78 is 0. The summed E-state index contributed by atoms with van der Waals surface area (Å²) in [6.07, 6.45) is 0. The summed E-state index contributed by atoms with van der Waals surface area (Å²) in [7, 11) is 1.83. The molecule has 1 aromatic carbocycles. The van der Waals surface area contributed by atoms with Gasteiger partial charge in [-0.1, -0.05) is 30.3 Å². The van der Waals surface area contributed by atoms with Crippen molar-refractivity contribution < 1.29 is 0 Å². The molecule has 0 unspecified atom stereocenters. The van der Waals surface area contributed by atoms with Gasteiger partial charge in [-0.25, -0.2) is 0 Å². The molecule has 0 radical (unpaired) electrons. The molecule has 70 valence electrons. The van der Waals surface area contributed by atoms with Crippen LogP contribution < -0.4 is 10.6 Å². The molecule has 0 aliphatic rings. The van der Waals surface area contributed by atoms with E-state index >= 15 is 0 Å². The second kappa shape index (κ2) is 4.77. The first-order valence-electron chi connectivity index (χ1n) is 4.07. The van der Waals surface area contributed by atoms with Crippen molar-refractivity contribution in [2.45, 2.75) is 6.54 Å². The maximum atomic E-state index is 5.75. The van der Waals surface area contributed by atoms with Crippen molar-refractivity contribution in [3.05, 3.63) is 47.3 Å². The maximum absolute atomic E-state index is 5.75. The van der Waals surface area contributed by atoms with Gasteiger partial charge in [-0.3, -0.25) is 0 Å². The van der Waals surface area contributed by atoms with Crippen molar-refractivity contribution in [1.29, 1.82) is 0 Å². The Hall–Kier alpha value is -1.15. The van der Waals surface area contributed by atoms with Crippen LogP contribution in [0.15, 0.2) is 36.7 Å². The Balaban J connectivity index is 2.46. The zero-order chi connectivity index (χ0) is 9.68. The Labute approximate surface area is 83.6 Å². The highest BCUT2D eigenvalue weighted by Crippen LogP contribution is 2.09. The first kappa shape index (κ1) is 9.93. The molecule has 0 amide bonds. The second-order valence-electron chi connectivity index (χ2n) is 2.71. The molecule has 0 heterocycles. The average molecular weight is 197 g/mol. The van der Waals surface area contributed by atoms with E-state index in [1.54, 1.807) is 0 Å². The van der Waals surface area contributed by atoms with E-state index in [0.717, 1.165) is 17.4 Å². The quantitative estimate of drug-likeness (QED) is 0.771. The molecule has 2 nitrogen and oxygen atoms in total. The van der Waals surface area contributed by atoms with Gasteiger partial charge < -0.3 is 10.6 Å². The van der Waals surface area contributed by atoms with Crippen LogP contribution >= 0.6 is 11.6 Å². The van der Waals surface area contributed by atoms with Gasteiger partial charge in [-0.2, -0.15) is 0 Å². The minimum atomic E-state index is 0.760. The molecular weight excluding hydrogens is 184 g/mol. The summed E-state index contributed by atoms with van der Waals surface area (Å²) in [6, 6.07) is 7.72. The van der Waals surface area contributed by atoms with Crippen LogP contribution in [0.3, 0.4) is 0 Å². The number of halogens is 1. The molecule has 0 fully saturated rings. The van der Waals surface area contributed by atoms with Crippen molar-refractivity contribution in [2.75, 3.05) is 7.05 Å². The van der Waals surface area contributed by atoms with Crippen LogP contribution in [0, 0.1) is 0 Å². The second-order valence-corrected chi connectivity index (χ2v) is 3.15. The number of hydrogen-bond acceptors (Lipinski definition) is 2. The van der Waals surface area contributed by atoms with Crippen molar-refractivity contribution in [3.8, 4) is 0 Å². The van der Waals surface area contributed by atoms with Crippen LogP contribution in [-0.2, 0) is 6.54 Å². The van der Waals surface area contributed by atoms with Crippen molar-refractivity contribution in [3.63, 3.8) is 0 Å². The van der Waals surface area contributed by atoms with Crippen LogP contribution in [0.25, 0.3) is 0 Å². The Morgan fingerprint density at radius 1 is 1.38 bits per heavy atom. The van der Waals surface area contributed by atoms with E-state index in [2.05, 4.69) is 17.2 Å². The third-order valence-electron chi connectivity index (χ3n) is 1.72. The molecule has 3 heteroatoms. The topological polar surface area (TPSA) is 24.1 Å². The maximum Gasteiger partial charge on any atom is 0.0912 e. The molecule has 2 N–H and O–H groups in total. The van der Waals surface area contributed by atoms with Gasteiger partial charge in [0.25, 0.3) is 0 Å². The highest BCUT2D eigenvalue weighted by molar-refractivity contribution is 6.30. The molecule has 1 rings (SSSR count). The summed E-state index contributed by atoms with van der Waals surface area (Å²) in [6.45, 7) is 4.52. The van der Waals surface area contributed by atoms with Gasteiger partial charge in [-0.05, 0) is 17.7 Å². The standard InChI is InChI=1S/C10H13ClN2/c1-8(12-2)13-7-9-3-5-10(11)6-4-9/h3-6,12-13H,1,7H2,2H3. The molecule has 0 bridgehead atoms. The van der Waals surface area contributed by atoms with E-state index in [1.807, 2.05) is 31.3 Å². The predicted octanol–water partition coefficient (Wildman–Crippen LogP) is 2.12. The van der Waals surface area contributed by atoms with Crippen LogP contribution in [0.1, 0.15) is 5.56 Å². The van der Waals surface area contributed by atoms with Crippen molar-refractivity contribution >= 4 is 11.6 Å². The first-order chi connectivity index (χ1) is 6.22. The zero-order valence-corrected chi connectivity index (χ0v) is 8.36. The molecule has 0 aliphatic carbocycles. The Morgan fingerprint density at radius 3 is 2.54 bits per heavy atom. The fourth-order valence-electron chi connectivity index (χ4n) is 0.899. The normalized spacial score (nSPS) is 9.38. The predicted molar refractivity (Wildman–Crippen MR) is 56.5 cm³/mol. The first-order valence-corrected chi connectivity index (χ1v) is 4.45. The summed E-state index contributed by atoms with van der Waals surface area (Å²) >= 11 is 5.75. The minimum absolute atomic E-state index is 0.760. The molecule has 0 saturated carbocycles. The van der Waals surface area contributed by atoms with Gasteiger partial charge in [-0.15, -0.1) is 0 Å². The van der Waals surface area contributed by atoms with Crippen LogP contribution in [0.2, 0.25) is 5.02 Å². The van der Waals surface area contributed by atoms with E-state index in [0.29, 0.717) is 0 Å². The van der Waals surface area contributed by atoms with Crippen LogP contribution in [0.4, 0.5) is 0 Å². The van der Waals surface area contributed by atoms with Gasteiger partial charge in [0.1, 0.15) is 0 Å². The Morgan fingerprint density at radius 2 is 2.00 bits per heavy atom. The smallest absolute Gasteiger partial charge is 0.0912 e. The lowest BCUT2D eigenvalue weighted by molar-refractivity contribution is 0.742. The summed E-state index contributed by atoms with van der Waals surface area (Å²) in [5, 5.41) is 6.79. The van der Waals surface area contributed by atoms with Gasteiger partial charge in [0.15, 0.2) is 0 Å². The SMILES string of the molecule is C=C(NC)NCc1ccc(Cl)cc1. The minimum Gasteiger partial charge on any atom is -0.375 e. The number of benzene rings is 1. The van der Waals surface area contributed by atoms with E-state index in [1.165, 1.54) is 5.56 Å². The third kappa shape index (κ3) is 3.38. The molecule has 0 aliphatic heterocycles. The van der Waals surface area contributed by atoms with E-state index in [9.17, 15) is 0 Å². The monoisotopic (exact) mass is 196 g/mol. The van der Waals surface area contributed by atoms with Gasteiger partial charge in [0.05, 0.1) is 5.82 Å². The molecular formula is C10H13ClN2. The van der Waals surface area contributed by atoms with Crippen LogP contribution in [-0.4, -0.2) is 7.05 Å². The number of hydrogen-bond donors (Lipinski definition) is 2. The molecule has 0 saturated heterocycles. The zero-order valence-electron chi connectivity index (χ0n) is 7.60. The van der Waals surface area contributed by atoms with E-state index in [4.69, 9.17) is 11.6 Å². The number of nitrogens with one attached hydrogen (secondary N) is 2. The van der Waals surface area contributed by atoms with Gasteiger partial charge in [0, 0.05) is 18.6 Å². The average Bonchev–Trinajstić information content (AvgIpc) is 2.16. The Kier molecular flexibility index (Phi) is 3.65. The molecule has 0 atom stereocenters. The van der Waals surface area contributed by atoms with Crippen LogP contribution in [0.5, 0.6) is 0 Å². The fraction of sp³-hybridized carbons (Fsp3) is 0.200. The third-order valence-corrected chi connectivity index (χ3v) is 1.97. The highest BCUT2D eigenvalue weighted by Gasteiger charge is 1.92. The summed E-state index contributed by atoms with van der Waals surface area (Å²) in [4.78, 5) is 0. The van der Waals surface area contributed by atoms with E-state index in [-0.39, 0.29) is 0 Å². The molecule has 13 heavy (non-hydrogen) atoms. The van der Waals surface area contributed by atoms with Gasteiger partial charge >= 0.3 is 0 Å². The van der Waals surface area contributed by atoms with E-state index < -0.39 is 0 Å². The summed E-state index contributed by atoms with van der Waals surface area (Å²) in [5.41, 5.74) is 1.18. The highest BCUT2D eigenvalue weighted by atomic mass is 35.5. The van der Waals surface area contributed by atoms with Crippen molar-refractivity contribution in [1.82, 2.24) is 10.6 Å².